The van der Waals surface area contributed by atoms with Gasteiger partial charge in [-0.25, -0.2) is 0 Å². The Morgan fingerprint density at radius 2 is 1.33 bits per heavy atom. The smallest absolute Gasteiger partial charge is 0.379 e. The Labute approximate surface area is 125 Å². The van der Waals surface area contributed by atoms with Gasteiger partial charge in [0.25, 0.3) is 0 Å². The van der Waals surface area contributed by atoms with Gasteiger partial charge in [0, 0.05) is 19.6 Å². The predicted molar refractivity (Wildman–Crippen MR) is 75.5 cm³/mol. The standard InChI is InChI=1S/C14H28F3NO3/c1-2-3-8-19-10-12-21-13-11-20-9-7-18-6-4-5-14(15,16)17/h18H,2-13H2,1H3. The number of nitrogens with one attached hydrogen (secondary N) is 1. The van der Waals surface area contributed by atoms with Gasteiger partial charge in [0.2, 0.25) is 0 Å². The van der Waals surface area contributed by atoms with Crippen LogP contribution in [-0.4, -0.2) is 58.9 Å². The van der Waals surface area contributed by atoms with E-state index in [0.717, 1.165) is 19.4 Å². The average molecular weight is 315 g/mol. The minimum absolute atomic E-state index is 0.102. The van der Waals surface area contributed by atoms with Crippen LogP contribution in [0.4, 0.5) is 13.2 Å². The maximum Gasteiger partial charge on any atom is 0.389 e. The Morgan fingerprint density at radius 3 is 1.90 bits per heavy atom. The summed E-state index contributed by atoms with van der Waals surface area (Å²) in [6.07, 6.45) is -2.51. The Balaban J connectivity index is 3.00. The van der Waals surface area contributed by atoms with E-state index in [9.17, 15) is 13.2 Å². The molecule has 0 aromatic heterocycles. The first kappa shape index (κ1) is 20.6. The molecule has 0 spiro atoms. The van der Waals surface area contributed by atoms with Gasteiger partial charge in [0.1, 0.15) is 0 Å². The summed E-state index contributed by atoms with van der Waals surface area (Å²) in [5.41, 5.74) is 0. The molecule has 0 radical (unpaired) electrons. The quantitative estimate of drug-likeness (QED) is 0.472. The van der Waals surface area contributed by atoms with Gasteiger partial charge in [-0.15, -0.1) is 0 Å². The summed E-state index contributed by atoms with van der Waals surface area (Å²) >= 11 is 0. The predicted octanol–water partition coefficient (Wildman–Crippen LogP) is 2.77. The Hall–Kier alpha value is -0.370. The van der Waals surface area contributed by atoms with Crippen molar-refractivity contribution >= 4 is 0 Å². The first-order valence-electron chi connectivity index (χ1n) is 7.57. The summed E-state index contributed by atoms with van der Waals surface area (Å²) in [6, 6.07) is 0. The van der Waals surface area contributed by atoms with E-state index in [2.05, 4.69) is 12.2 Å². The first-order valence-corrected chi connectivity index (χ1v) is 7.57. The molecule has 0 rings (SSSR count). The molecule has 4 nitrogen and oxygen atoms in total. The molecular formula is C14H28F3NO3. The van der Waals surface area contributed by atoms with E-state index in [1.165, 1.54) is 0 Å². The molecule has 0 aliphatic carbocycles. The number of hydrogen-bond acceptors (Lipinski definition) is 4. The fourth-order valence-electron chi connectivity index (χ4n) is 1.47. The topological polar surface area (TPSA) is 39.7 Å². The molecule has 0 heterocycles. The highest BCUT2D eigenvalue weighted by Crippen LogP contribution is 2.20. The highest BCUT2D eigenvalue weighted by atomic mass is 19.4. The first-order chi connectivity index (χ1) is 10.1. The molecule has 1 N–H and O–H groups in total. The van der Waals surface area contributed by atoms with Crippen LogP contribution in [0.3, 0.4) is 0 Å². The van der Waals surface area contributed by atoms with Crippen LogP contribution in [0.1, 0.15) is 32.6 Å². The minimum atomic E-state index is -4.06. The van der Waals surface area contributed by atoms with Crippen LogP contribution < -0.4 is 5.32 Å². The second-order valence-electron chi connectivity index (χ2n) is 4.66. The van der Waals surface area contributed by atoms with Crippen molar-refractivity contribution in [3.63, 3.8) is 0 Å². The van der Waals surface area contributed by atoms with Crippen molar-refractivity contribution in [1.29, 1.82) is 0 Å². The van der Waals surface area contributed by atoms with Crippen molar-refractivity contribution in [2.45, 2.75) is 38.8 Å². The summed E-state index contributed by atoms with van der Waals surface area (Å²) in [5.74, 6) is 0. The zero-order valence-electron chi connectivity index (χ0n) is 12.8. The summed E-state index contributed by atoms with van der Waals surface area (Å²) in [4.78, 5) is 0. The molecule has 0 saturated carbocycles. The zero-order valence-corrected chi connectivity index (χ0v) is 12.8. The lowest BCUT2D eigenvalue weighted by Crippen LogP contribution is -2.23. The Morgan fingerprint density at radius 1 is 0.762 bits per heavy atom. The number of rotatable bonds is 15. The summed E-state index contributed by atoms with van der Waals surface area (Å²) < 4.78 is 51.4. The maximum atomic E-state index is 11.8. The zero-order chi connectivity index (χ0) is 15.8. The van der Waals surface area contributed by atoms with Crippen LogP contribution in [-0.2, 0) is 14.2 Å². The van der Waals surface area contributed by atoms with Gasteiger partial charge in [-0.2, -0.15) is 13.2 Å². The van der Waals surface area contributed by atoms with Gasteiger partial charge in [0.15, 0.2) is 0 Å². The van der Waals surface area contributed by atoms with Crippen LogP contribution in [0.5, 0.6) is 0 Å². The molecule has 0 amide bonds. The van der Waals surface area contributed by atoms with E-state index < -0.39 is 12.6 Å². The highest BCUT2D eigenvalue weighted by molar-refractivity contribution is 4.53. The second-order valence-corrected chi connectivity index (χ2v) is 4.66. The normalized spacial score (nSPS) is 12.0. The van der Waals surface area contributed by atoms with Crippen LogP contribution in [0.2, 0.25) is 0 Å². The molecule has 0 aromatic carbocycles. The van der Waals surface area contributed by atoms with E-state index in [1.54, 1.807) is 0 Å². The van der Waals surface area contributed by atoms with Crippen molar-refractivity contribution in [1.82, 2.24) is 5.32 Å². The van der Waals surface area contributed by atoms with Gasteiger partial charge in [-0.3, -0.25) is 0 Å². The van der Waals surface area contributed by atoms with Gasteiger partial charge >= 0.3 is 6.18 Å². The number of halogens is 3. The third-order valence-corrected chi connectivity index (χ3v) is 2.62. The van der Waals surface area contributed by atoms with Crippen molar-refractivity contribution in [2.24, 2.45) is 0 Å². The molecule has 7 heteroatoms. The molecule has 0 aliphatic heterocycles. The fraction of sp³-hybridized carbons (Fsp3) is 1.00. The maximum absolute atomic E-state index is 11.8. The lowest BCUT2D eigenvalue weighted by molar-refractivity contribution is -0.135. The number of unbranched alkanes of at least 4 members (excludes halogenated alkanes) is 1. The molecule has 0 aliphatic rings. The van der Waals surface area contributed by atoms with E-state index in [0.29, 0.717) is 46.1 Å². The Kier molecular flexibility index (Phi) is 14.3. The van der Waals surface area contributed by atoms with Crippen molar-refractivity contribution in [3.8, 4) is 0 Å². The monoisotopic (exact) mass is 315 g/mol. The molecular weight excluding hydrogens is 287 g/mol. The van der Waals surface area contributed by atoms with Crippen LogP contribution in [0.25, 0.3) is 0 Å². The minimum Gasteiger partial charge on any atom is -0.379 e. The van der Waals surface area contributed by atoms with Crippen LogP contribution in [0, 0.1) is 0 Å². The van der Waals surface area contributed by atoms with Crippen molar-refractivity contribution < 1.29 is 27.4 Å². The fourth-order valence-corrected chi connectivity index (χ4v) is 1.47. The third kappa shape index (κ3) is 19.6. The number of ether oxygens (including phenoxy) is 3. The molecule has 0 atom stereocenters. The SMILES string of the molecule is CCCCOCCOCCOCCNCCCC(F)(F)F. The molecule has 0 saturated heterocycles. The lowest BCUT2D eigenvalue weighted by atomic mass is 10.3. The van der Waals surface area contributed by atoms with Gasteiger partial charge in [-0.1, -0.05) is 13.3 Å². The van der Waals surface area contributed by atoms with Gasteiger partial charge in [0.05, 0.1) is 33.0 Å². The van der Waals surface area contributed by atoms with Crippen LogP contribution in [0.15, 0.2) is 0 Å². The number of alkyl halides is 3. The van der Waals surface area contributed by atoms with E-state index in [-0.39, 0.29) is 6.42 Å². The summed E-state index contributed by atoms with van der Waals surface area (Å²) in [5, 5.41) is 2.90. The molecule has 21 heavy (non-hydrogen) atoms. The largest absolute Gasteiger partial charge is 0.389 e. The average Bonchev–Trinajstić information content (AvgIpc) is 2.42. The van der Waals surface area contributed by atoms with E-state index >= 15 is 0 Å². The van der Waals surface area contributed by atoms with Crippen molar-refractivity contribution in [2.75, 3.05) is 52.7 Å². The molecule has 0 bridgehead atoms. The molecule has 0 unspecified atom stereocenters. The van der Waals surface area contributed by atoms with Crippen LogP contribution >= 0.6 is 0 Å². The Bertz CT molecular complexity index is 216. The highest BCUT2D eigenvalue weighted by Gasteiger charge is 2.25. The molecule has 0 aromatic rings. The molecule has 0 fully saturated rings. The van der Waals surface area contributed by atoms with Gasteiger partial charge in [-0.05, 0) is 19.4 Å². The van der Waals surface area contributed by atoms with Gasteiger partial charge < -0.3 is 19.5 Å². The van der Waals surface area contributed by atoms with E-state index in [4.69, 9.17) is 14.2 Å². The lowest BCUT2D eigenvalue weighted by Gasteiger charge is -2.08. The second kappa shape index (κ2) is 14.6. The van der Waals surface area contributed by atoms with Crippen molar-refractivity contribution in [3.05, 3.63) is 0 Å². The summed E-state index contributed by atoms with van der Waals surface area (Å²) in [6.45, 7) is 6.42. The molecule has 128 valence electrons. The summed E-state index contributed by atoms with van der Waals surface area (Å²) in [7, 11) is 0. The third-order valence-electron chi connectivity index (χ3n) is 2.62. The van der Waals surface area contributed by atoms with E-state index in [1.807, 2.05) is 0 Å². The number of hydrogen-bond donors (Lipinski definition) is 1.